The average Bonchev–Trinajstić information content (AvgIpc) is 3.19. The Bertz CT molecular complexity index is 1650. The molecule has 1 atom stereocenters. The number of carbonyl (C=O) groups is 1. The maximum absolute atomic E-state index is 13.8. The first-order valence-corrected chi connectivity index (χ1v) is 12.4. The van der Waals surface area contributed by atoms with Crippen LogP contribution in [0.2, 0.25) is 0 Å². The lowest BCUT2D eigenvalue weighted by Crippen LogP contribution is -2.40. The number of benzene rings is 3. The van der Waals surface area contributed by atoms with Gasteiger partial charge in [0.05, 0.1) is 29.0 Å². The molecule has 2 heterocycles. The molecule has 0 bridgehead atoms. The van der Waals surface area contributed by atoms with Gasteiger partial charge in [-0.1, -0.05) is 71.5 Å². The number of nitrogens with zero attached hydrogens (tertiary/aromatic N) is 2. The van der Waals surface area contributed by atoms with Crippen molar-refractivity contribution in [1.29, 1.82) is 0 Å². The molecule has 7 heteroatoms. The van der Waals surface area contributed by atoms with Crippen LogP contribution in [-0.4, -0.2) is 17.6 Å². The molecule has 0 saturated carbocycles. The molecule has 0 fully saturated rings. The summed E-state index contributed by atoms with van der Waals surface area (Å²) in [6.45, 7) is 3.83. The first-order valence-electron chi connectivity index (χ1n) is 11.5. The Kier molecular flexibility index (Phi) is 6.40. The molecule has 1 amide bonds. The Morgan fingerprint density at radius 1 is 1.03 bits per heavy atom. The molecule has 1 aliphatic rings. The Morgan fingerprint density at radius 2 is 1.78 bits per heavy atom. The van der Waals surface area contributed by atoms with Gasteiger partial charge in [0.15, 0.2) is 4.80 Å². The summed E-state index contributed by atoms with van der Waals surface area (Å²) in [4.78, 5) is 32.6. The molecule has 5 rings (SSSR count). The van der Waals surface area contributed by atoms with Crippen LogP contribution < -0.4 is 24.9 Å². The van der Waals surface area contributed by atoms with E-state index in [0.29, 0.717) is 32.0 Å². The number of aryl methyl sites for hydroxylation is 1. The smallest absolute Gasteiger partial charge is 0.271 e. The number of ether oxygens (including phenoxy) is 1. The van der Waals surface area contributed by atoms with E-state index in [1.807, 2.05) is 98.8 Å². The second-order valence-corrected chi connectivity index (χ2v) is 9.60. The Balaban J connectivity index is 1.68. The summed E-state index contributed by atoms with van der Waals surface area (Å²) in [6, 6.07) is 24.0. The molecule has 1 N–H and O–H groups in total. The predicted octanol–water partition coefficient (Wildman–Crippen LogP) is 4.19. The number of carbonyl (C=O) groups excluding carboxylic acids is 1. The summed E-state index contributed by atoms with van der Waals surface area (Å²) < 4.78 is 7.62. The number of thiazole rings is 1. The minimum Gasteiger partial charge on any atom is -0.497 e. The van der Waals surface area contributed by atoms with Crippen molar-refractivity contribution < 1.29 is 9.53 Å². The van der Waals surface area contributed by atoms with E-state index in [1.54, 1.807) is 11.7 Å². The zero-order valence-corrected chi connectivity index (χ0v) is 21.0. The Labute approximate surface area is 212 Å². The molecular weight excluding hydrogens is 470 g/mol. The fourth-order valence-electron chi connectivity index (χ4n) is 4.27. The summed E-state index contributed by atoms with van der Waals surface area (Å²) in [7, 11) is 1.59. The third-order valence-corrected chi connectivity index (χ3v) is 7.07. The van der Waals surface area contributed by atoms with Crippen LogP contribution >= 0.6 is 11.3 Å². The lowest BCUT2D eigenvalue weighted by molar-refractivity contribution is -0.113. The van der Waals surface area contributed by atoms with E-state index >= 15 is 0 Å². The SMILES string of the molecule is COc1cccc(C2C(C(=O)Nc3ccccc3)=C(C)N=c3s/c(=C\c4ccc(C)cc4)c(=O)n32)c1. The normalized spacial score (nSPS) is 15.3. The summed E-state index contributed by atoms with van der Waals surface area (Å²) in [5.74, 6) is 0.342. The zero-order chi connectivity index (χ0) is 25.2. The van der Waals surface area contributed by atoms with Crippen molar-refractivity contribution in [1.82, 2.24) is 4.57 Å². The first-order chi connectivity index (χ1) is 17.4. The van der Waals surface area contributed by atoms with Crippen molar-refractivity contribution in [2.45, 2.75) is 19.9 Å². The van der Waals surface area contributed by atoms with Crippen LogP contribution in [-0.2, 0) is 4.79 Å². The molecule has 0 spiro atoms. The molecule has 0 saturated heterocycles. The third-order valence-electron chi connectivity index (χ3n) is 6.08. The topological polar surface area (TPSA) is 72.7 Å². The maximum atomic E-state index is 13.8. The van der Waals surface area contributed by atoms with E-state index in [2.05, 4.69) is 5.32 Å². The molecule has 180 valence electrons. The third kappa shape index (κ3) is 4.53. The van der Waals surface area contributed by atoms with Gasteiger partial charge in [-0.05, 0) is 55.3 Å². The van der Waals surface area contributed by atoms with Crippen LogP contribution in [0.3, 0.4) is 0 Å². The predicted molar refractivity (Wildman–Crippen MR) is 143 cm³/mol. The minimum absolute atomic E-state index is 0.190. The molecule has 1 aromatic heterocycles. The molecule has 4 aromatic rings. The van der Waals surface area contributed by atoms with Crippen LogP contribution in [0.4, 0.5) is 5.69 Å². The number of aromatic nitrogens is 1. The van der Waals surface area contributed by atoms with Gasteiger partial charge in [-0.3, -0.25) is 14.2 Å². The van der Waals surface area contributed by atoms with Crippen LogP contribution in [0.5, 0.6) is 5.75 Å². The lowest BCUT2D eigenvalue weighted by atomic mass is 9.95. The van der Waals surface area contributed by atoms with Crippen molar-refractivity contribution in [3.63, 3.8) is 0 Å². The number of para-hydroxylation sites is 1. The molecule has 1 unspecified atom stereocenters. The summed E-state index contributed by atoms with van der Waals surface area (Å²) >= 11 is 1.32. The number of fused-ring (bicyclic) bond motifs is 1. The van der Waals surface area contributed by atoms with Gasteiger partial charge in [-0.25, -0.2) is 4.99 Å². The van der Waals surface area contributed by atoms with E-state index in [0.717, 1.165) is 16.7 Å². The fourth-order valence-corrected chi connectivity index (χ4v) is 5.32. The van der Waals surface area contributed by atoms with E-state index in [-0.39, 0.29) is 11.5 Å². The average molecular weight is 496 g/mol. The van der Waals surface area contributed by atoms with Gasteiger partial charge >= 0.3 is 0 Å². The second kappa shape index (κ2) is 9.79. The number of rotatable bonds is 5. The number of allylic oxidation sites excluding steroid dienone is 1. The highest BCUT2D eigenvalue weighted by Crippen LogP contribution is 2.32. The molecule has 6 nitrogen and oxygen atoms in total. The van der Waals surface area contributed by atoms with Crippen LogP contribution in [0.1, 0.15) is 29.7 Å². The number of anilines is 1. The lowest BCUT2D eigenvalue weighted by Gasteiger charge is -2.25. The summed E-state index contributed by atoms with van der Waals surface area (Å²) in [6.07, 6.45) is 1.87. The van der Waals surface area contributed by atoms with Crippen molar-refractivity contribution in [3.8, 4) is 5.75 Å². The molecule has 0 radical (unpaired) electrons. The molecule has 1 aliphatic heterocycles. The van der Waals surface area contributed by atoms with Gasteiger partial charge in [0.1, 0.15) is 5.75 Å². The number of nitrogens with one attached hydrogen (secondary N) is 1. The quantitative estimate of drug-likeness (QED) is 0.451. The Hall–Kier alpha value is -4.23. The Morgan fingerprint density at radius 3 is 2.50 bits per heavy atom. The van der Waals surface area contributed by atoms with E-state index < -0.39 is 6.04 Å². The van der Waals surface area contributed by atoms with E-state index in [9.17, 15) is 9.59 Å². The molecule has 3 aromatic carbocycles. The van der Waals surface area contributed by atoms with E-state index in [4.69, 9.17) is 9.73 Å². The number of hydrogen-bond donors (Lipinski definition) is 1. The van der Waals surface area contributed by atoms with Crippen LogP contribution in [0, 0.1) is 6.92 Å². The van der Waals surface area contributed by atoms with Gasteiger partial charge in [0, 0.05) is 5.69 Å². The number of amides is 1. The monoisotopic (exact) mass is 495 g/mol. The summed E-state index contributed by atoms with van der Waals surface area (Å²) in [5.41, 5.74) is 4.32. The second-order valence-electron chi connectivity index (χ2n) is 8.59. The van der Waals surface area contributed by atoms with Crippen molar-refractivity contribution >= 4 is 29.0 Å². The standard InChI is InChI=1S/C29H25N3O3S/c1-18-12-14-20(15-13-18)16-24-28(34)32-26(21-8-7-11-23(17-21)35-3)25(19(2)30-29(32)36-24)27(33)31-22-9-5-4-6-10-22/h4-17,26H,1-3H3,(H,31,33)/b24-16-. The summed E-state index contributed by atoms with van der Waals surface area (Å²) in [5, 5.41) is 2.96. The van der Waals surface area contributed by atoms with Crippen molar-refractivity contribution in [2.24, 2.45) is 4.99 Å². The molecular formula is C29H25N3O3S. The van der Waals surface area contributed by atoms with E-state index in [1.165, 1.54) is 11.3 Å². The fraction of sp³-hybridized carbons (Fsp3) is 0.138. The van der Waals surface area contributed by atoms with Crippen LogP contribution in [0.25, 0.3) is 6.08 Å². The number of hydrogen-bond acceptors (Lipinski definition) is 5. The highest BCUT2D eigenvalue weighted by molar-refractivity contribution is 7.07. The number of methoxy groups -OCH3 is 1. The van der Waals surface area contributed by atoms with Gasteiger partial charge in [-0.2, -0.15) is 0 Å². The maximum Gasteiger partial charge on any atom is 0.271 e. The van der Waals surface area contributed by atoms with Gasteiger partial charge in [0.2, 0.25) is 0 Å². The van der Waals surface area contributed by atoms with Crippen molar-refractivity contribution in [3.05, 3.63) is 127 Å². The minimum atomic E-state index is -0.653. The van der Waals surface area contributed by atoms with Crippen LogP contribution in [0.15, 0.2) is 99.9 Å². The first kappa shape index (κ1) is 23.5. The van der Waals surface area contributed by atoms with Gasteiger partial charge < -0.3 is 10.1 Å². The largest absolute Gasteiger partial charge is 0.497 e. The molecule has 0 aliphatic carbocycles. The van der Waals surface area contributed by atoms with Gasteiger partial charge in [-0.15, -0.1) is 0 Å². The highest BCUT2D eigenvalue weighted by atomic mass is 32.1. The zero-order valence-electron chi connectivity index (χ0n) is 20.2. The van der Waals surface area contributed by atoms with Crippen molar-refractivity contribution in [2.75, 3.05) is 12.4 Å². The molecule has 36 heavy (non-hydrogen) atoms. The van der Waals surface area contributed by atoms with Gasteiger partial charge in [0.25, 0.3) is 11.5 Å². The highest BCUT2D eigenvalue weighted by Gasteiger charge is 2.32.